The van der Waals surface area contributed by atoms with Crippen LogP contribution in [-0.2, 0) is 5.88 Å². The lowest BCUT2D eigenvalue weighted by Gasteiger charge is -2.18. The molecule has 1 aromatic carbocycles. The normalized spacial score (nSPS) is 15.1. The van der Waals surface area contributed by atoms with E-state index >= 15 is 0 Å². The lowest BCUT2D eigenvalue weighted by molar-refractivity contribution is 0.0323. The number of alkyl halides is 2. The van der Waals surface area contributed by atoms with Gasteiger partial charge in [0.15, 0.2) is 0 Å². The Morgan fingerprint density at radius 3 is 2.36 bits per heavy atom. The zero-order valence-corrected chi connectivity index (χ0v) is 9.04. The summed E-state index contributed by atoms with van der Waals surface area (Å²) in [7, 11) is 0. The minimum Gasteiger partial charge on any atom is -0.389 e. The Labute approximate surface area is 93.1 Å². The second-order valence-corrected chi connectivity index (χ2v) is 3.57. The number of hydrogen-bond acceptors (Lipinski definition) is 2. The quantitative estimate of drug-likeness (QED) is 0.784. The van der Waals surface area contributed by atoms with Crippen LogP contribution in [-0.4, -0.2) is 22.2 Å². The number of benzene rings is 1. The summed E-state index contributed by atoms with van der Waals surface area (Å²) in [5.41, 5.74) is 1.45. The van der Waals surface area contributed by atoms with Crippen molar-refractivity contribution >= 4 is 23.2 Å². The molecule has 0 amide bonds. The molecular weight excluding hydrogens is 223 g/mol. The van der Waals surface area contributed by atoms with Crippen LogP contribution < -0.4 is 0 Å². The van der Waals surface area contributed by atoms with E-state index in [-0.39, 0.29) is 5.88 Å². The summed E-state index contributed by atoms with van der Waals surface area (Å²) in [6, 6.07) is 7.17. The largest absolute Gasteiger partial charge is 0.389 e. The van der Waals surface area contributed by atoms with Gasteiger partial charge in [0.2, 0.25) is 0 Å². The molecule has 0 bridgehead atoms. The second kappa shape index (κ2) is 5.56. The lowest BCUT2D eigenvalue weighted by atomic mass is 10.0. The third-order valence-corrected chi connectivity index (χ3v) is 2.64. The van der Waals surface area contributed by atoms with E-state index in [9.17, 15) is 10.2 Å². The monoisotopic (exact) mass is 234 g/mol. The summed E-state index contributed by atoms with van der Waals surface area (Å²) in [4.78, 5) is 0. The predicted octanol–water partition coefficient (Wildman–Crippen LogP) is 2.06. The molecule has 0 saturated carbocycles. The third-order valence-electron chi connectivity index (χ3n) is 2.04. The molecule has 2 N–H and O–H groups in total. The van der Waals surface area contributed by atoms with Gasteiger partial charge >= 0.3 is 0 Å². The van der Waals surface area contributed by atoms with Gasteiger partial charge in [-0.15, -0.1) is 23.2 Å². The highest BCUT2D eigenvalue weighted by Crippen LogP contribution is 2.22. The van der Waals surface area contributed by atoms with Gasteiger partial charge in [-0.05, 0) is 11.1 Å². The Kier molecular flexibility index (Phi) is 4.69. The van der Waals surface area contributed by atoms with Crippen molar-refractivity contribution in [1.82, 2.24) is 0 Å². The summed E-state index contributed by atoms with van der Waals surface area (Å²) in [5, 5.41) is 19.1. The summed E-state index contributed by atoms with van der Waals surface area (Å²) < 4.78 is 0. The molecule has 78 valence electrons. The van der Waals surface area contributed by atoms with Crippen molar-refractivity contribution in [2.75, 3.05) is 5.88 Å². The average molecular weight is 235 g/mol. The molecule has 0 aliphatic rings. The minimum absolute atomic E-state index is 0.00220. The molecule has 14 heavy (non-hydrogen) atoms. The van der Waals surface area contributed by atoms with Gasteiger partial charge in [-0.2, -0.15) is 0 Å². The van der Waals surface area contributed by atoms with Gasteiger partial charge in [0.1, 0.15) is 6.10 Å². The van der Waals surface area contributed by atoms with Crippen molar-refractivity contribution in [1.29, 1.82) is 0 Å². The Hall–Kier alpha value is -0.280. The van der Waals surface area contributed by atoms with Crippen LogP contribution >= 0.6 is 23.2 Å². The highest BCUT2D eigenvalue weighted by atomic mass is 35.5. The molecule has 2 atom stereocenters. The molecule has 0 aromatic heterocycles. The summed E-state index contributed by atoms with van der Waals surface area (Å²) in [6.07, 6.45) is -1.93. The maximum absolute atomic E-state index is 9.71. The zero-order chi connectivity index (χ0) is 10.6. The molecule has 0 aliphatic heterocycles. The maximum atomic E-state index is 9.71. The van der Waals surface area contributed by atoms with E-state index in [2.05, 4.69) is 0 Å². The Morgan fingerprint density at radius 1 is 1.14 bits per heavy atom. The number of aliphatic hydroxyl groups excluding tert-OH is 2. The highest BCUT2D eigenvalue weighted by molar-refractivity contribution is 6.18. The number of halogens is 2. The standard InChI is InChI=1S/C10H12Cl2O2/c11-5-7-3-1-2-4-8(7)10(14)9(13)6-12/h1-4,9-10,13-14H,5-6H2. The molecular formula is C10H12Cl2O2. The van der Waals surface area contributed by atoms with Gasteiger partial charge < -0.3 is 10.2 Å². The summed E-state index contributed by atoms with van der Waals surface area (Å²) >= 11 is 11.1. The number of aliphatic hydroxyl groups is 2. The summed E-state index contributed by atoms with van der Waals surface area (Å²) in [5.74, 6) is 0.306. The SMILES string of the molecule is OC(CCl)C(O)c1ccccc1CCl. The molecule has 0 spiro atoms. The van der Waals surface area contributed by atoms with E-state index in [1.165, 1.54) is 0 Å². The molecule has 0 aliphatic carbocycles. The molecule has 0 radical (unpaired) electrons. The summed E-state index contributed by atoms with van der Waals surface area (Å²) in [6.45, 7) is 0. The van der Waals surface area contributed by atoms with Crippen molar-refractivity contribution in [3.63, 3.8) is 0 Å². The van der Waals surface area contributed by atoms with Gasteiger partial charge in [0.25, 0.3) is 0 Å². The number of hydrogen-bond donors (Lipinski definition) is 2. The molecule has 2 nitrogen and oxygen atoms in total. The average Bonchev–Trinajstić information content (AvgIpc) is 2.26. The topological polar surface area (TPSA) is 40.5 Å². The fourth-order valence-electron chi connectivity index (χ4n) is 1.24. The van der Waals surface area contributed by atoms with Crippen LogP contribution in [0.5, 0.6) is 0 Å². The molecule has 0 fully saturated rings. The van der Waals surface area contributed by atoms with E-state index in [0.29, 0.717) is 11.4 Å². The fourth-order valence-corrected chi connectivity index (χ4v) is 1.65. The van der Waals surface area contributed by atoms with Crippen molar-refractivity contribution in [2.45, 2.75) is 18.1 Å². The van der Waals surface area contributed by atoms with Crippen LogP contribution in [0.4, 0.5) is 0 Å². The first-order chi connectivity index (χ1) is 6.70. The van der Waals surface area contributed by atoms with E-state index in [1.807, 2.05) is 12.1 Å². The van der Waals surface area contributed by atoms with Gasteiger partial charge in [-0.3, -0.25) is 0 Å². The van der Waals surface area contributed by atoms with Crippen LogP contribution in [0.3, 0.4) is 0 Å². The van der Waals surface area contributed by atoms with Crippen LogP contribution in [0.15, 0.2) is 24.3 Å². The van der Waals surface area contributed by atoms with Crippen LogP contribution in [0.2, 0.25) is 0 Å². The van der Waals surface area contributed by atoms with Crippen molar-refractivity contribution in [3.05, 3.63) is 35.4 Å². The molecule has 1 aromatic rings. The van der Waals surface area contributed by atoms with Crippen molar-refractivity contribution in [3.8, 4) is 0 Å². The predicted molar refractivity (Wildman–Crippen MR) is 57.7 cm³/mol. The van der Waals surface area contributed by atoms with Crippen molar-refractivity contribution in [2.24, 2.45) is 0 Å². The second-order valence-electron chi connectivity index (χ2n) is 3.00. The Morgan fingerprint density at radius 2 is 1.79 bits per heavy atom. The molecule has 1 rings (SSSR count). The molecule has 0 heterocycles. The maximum Gasteiger partial charge on any atom is 0.106 e. The van der Waals surface area contributed by atoms with Gasteiger partial charge in [0.05, 0.1) is 12.0 Å². The smallest absolute Gasteiger partial charge is 0.106 e. The number of rotatable bonds is 4. The zero-order valence-electron chi connectivity index (χ0n) is 7.53. The van der Waals surface area contributed by atoms with Crippen molar-refractivity contribution < 1.29 is 10.2 Å². The van der Waals surface area contributed by atoms with Gasteiger partial charge in [0, 0.05) is 5.88 Å². The molecule has 0 saturated heterocycles. The first kappa shape index (κ1) is 11.8. The van der Waals surface area contributed by atoms with Gasteiger partial charge in [-0.25, -0.2) is 0 Å². The van der Waals surface area contributed by atoms with E-state index in [4.69, 9.17) is 23.2 Å². The molecule has 4 heteroatoms. The Bertz CT molecular complexity index is 291. The van der Waals surface area contributed by atoms with Gasteiger partial charge in [-0.1, -0.05) is 24.3 Å². The highest BCUT2D eigenvalue weighted by Gasteiger charge is 2.19. The van der Waals surface area contributed by atoms with Crippen LogP contribution in [0.1, 0.15) is 17.2 Å². The van der Waals surface area contributed by atoms with E-state index in [1.54, 1.807) is 12.1 Å². The van der Waals surface area contributed by atoms with E-state index in [0.717, 1.165) is 5.56 Å². The third kappa shape index (κ3) is 2.61. The first-order valence-electron chi connectivity index (χ1n) is 4.26. The lowest BCUT2D eigenvalue weighted by Crippen LogP contribution is -2.20. The first-order valence-corrected chi connectivity index (χ1v) is 5.33. The Balaban J connectivity index is 2.93. The molecule has 2 unspecified atom stereocenters. The van der Waals surface area contributed by atoms with Crippen LogP contribution in [0, 0.1) is 0 Å². The fraction of sp³-hybridized carbons (Fsp3) is 0.400. The van der Waals surface area contributed by atoms with Crippen LogP contribution in [0.25, 0.3) is 0 Å². The minimum atomic E-state index is -0.970. The van der Waals surface area contributed by atoms with E-state index < -0.39 is 12.2 Å².